The Bertz CT molecular complexity index is 46.7. The summed E-state index contributed by atoms with van der Waals surface area (Å²) in [5, 5.41) is 0. The summed E-state index contributed by atoms with van der Waals surface area (Å²) in [4.78, 5) is 0. The molecule has 0 saturated heterocycles. The Morgan fingerprint density at radius 2 is 1.30 bits per heavy atom. The highest BCUT2D eigenvalue weighted by atomic mass is 16.0. The monoisotopic (exact) mass is 146 g/mol. The molecule has 1 nitrogen and oxygen atoms in total. The molecule has 0 bridgehead atoms. The first-order valence-corrected chi connectivity index (χ1v) is 4.39. The molecule has 1 aliphatic rings. The van der Waals surface area contributed by atoms with Gasteiger partial charge in [0.2, 0.25) is 0 Å². The maximum atomic E-state index is 2.36. The van der Waals surface area contributed by atoms with Crippen LogP contribution in [-0.4, -0.2) is 5.48 Å². The lowest BCUT2D eigenvalue weighted by atomic mass is 9.91. The molecule has 0 aromatic rings. The zero-order chi connectivity index (χ0) is 7.11. The van der Waals surface area contributed by atoms with Crippen LogP contribution in [0.15, 0.2) is 0 Å². The summed E-state index contributed by atoms with van der Waals surface area (Å²) in [7, 11) is 0. The summed E-state index contributed by atoms with van der Waals surface area (Å²) < 4.78 is 0. The fourth-order valence-corrected chi connectivity index (χ4v) is 1.31. The van der Waals surface area contributed by atoms with Crippen LogP contribution in [0, 0.1) is 5.92 Å². The summed E-state index contributed by atoms with van der Waals surface area (Å²) in [5.41, 5.74) is 0. The molecule has 0 aromatic carbocycles. The molecule has 0 aliphatic heterocycles. The second kappa shape index (κ2) is 8.96. The molecule has 0 radical (unpaired) electrons. The van der Waals surface area contributed by atoms with Gasteiger partial charge < -0.3 is 5.48 Å². The highest BCUT2D eigenvalue weighted by Crippen LogP contribution is 2.21. The van der Waals surface area contributed by atoms with Crippen LogP contribution in [0.25, 0.3) is 0 Å². The number of hydrogen-bond acceptors (Lipinski definition) is 0. The SMILES string of the molecule is CC.CC1CCCCC1.O. The average molecular weight is 146 g/mol. The Morgan fingerprint density at radius 3 is 1.50 bits per heavy atom. The van der Waals surface area contributed by atoms with E-state index in [4.69, 9.17) is 0 Å². The van der Waals surface area contributed by atoms with E-state index in [0.717, 1.165) is 5.92 Å². The molecule has 0 heterocycles. The smallest absolute Gasteiger partial charge is 0.0443 e. The molecule has 64 valence electrons. The van der Waals surface area contributed by atoms with Crippen LogP contribution in [0.2, 0.25) is 0 Å². The van der Waals surface area contributed by atoms with Crippen molar-refractivity contribution in [2.45, 2.75) is 52.9 Å². The van der Waals surface area contributed by atoms with Gasteiger partial charge in [-0.1, -0.05) is 52.9 Å². The molecule has 0 aromatic heterocycles. The predicted molar refractivity (Wildman–Crippen MR) is 47.2 cm³/mol. The molecule has 1 rings (SSSR count). The predicted octanol–water partition coefficient (Wildman–Crippen LogP) is 2.79. The van der Waals surface area contributed by atoms with Gasteiger partial charge in [-0.2, -0.15) is 0 Å². The highest BCUT2D eigenvalue weighted by molar-refractivity contribution is 4.59. The third-order valence-corrected chi connectivity index (χ3v) is 1.89. The first-order chi connectivity index (χ1) is 4.39. The fraction of sp³-hybridized carbons (Fsp3) is 1.00. The fourth-order valence-electron chi connectivity index (χ4n) is 1.31. The average Bonchev–Trinajstić information content (AvgIpc) is 1.94. The van der Waals surface area contributed by atoms with E-state index in [9.17, 15) is 0 Å². The summed E-state index contributed by atoms with van der Waals surface area (Å²) in [6.07, 6.45) is 7.44. The Balaban J connectivity index is 0. The van der Waals surface area contributed by atoms with Crippen LogP contribution in [0.4, 0.5) is 0 Å². The van der Waals surface area contributed by atoms with Crippen molar-refractivity contribution < 1.29 is 5.48 Å². The van der Waals surface area contributed by atoms with Gasteiger partial charge in [0.15, 0.2) is 0 Å². The van der Waals surface area contributed by atoms with Crippen molar-refractivity contribution in [2.75, 3.05) is 0 Å². The molecule has 0 unspecified atom stereocenters. The normalized spacial score (nSPS) is 18.3. The molecule has 1 heteroatoms. The zero-order valence-corrected chi connectivity index (χ0v) is 7.61. The second-order valence-corrected chi connectivity index (χ2v) is 2.74. The van der Waals surface area contributed by atoms with E-state index >= 15 is 0 Å². The van der Waals surface area contributed by atoms with E-state index in [2.05, 4.69) is 6.92 Å². The molecular weight excluding hydrogens is 124 g/mol. The van der Waals surface area contributed by atoms with E-state index in [-0.39, 0.29) is 5.48 Å². The lowest BCUT2D eigenvalue weighted by molar-refractivity contribution is 0.385. The van der Waals surface area contributed by atoms with Crippen molar-refractivity contribution in [1.82, 2.24) is 0 Å². The maximum Gasteiger partial charge on any atom is -0.0443 e. The standard InChI is InChI=1S/C7H14.C2H6.H2O/c1-7-5-3-2-4-6-7;1-2;/h7H,2-6H2,1H3;1-2H3;1H2. The Labute approximate surface area is 65.1 Å². The van der Waals surface area contributed by atoms with Crippen LogP contribution in [0.3, 0.4) is 0 Å². The van der Waals surface area contributed by atoms with Gasteiger partial charge in [0.25, 0.3) is 0 Å². The first-order valence-electron chi connectivity index (χ1n) is 4.39. The van der Waals surface area contributed by atoms with Crippen molar-refractivity contribution in [3.63, 3.8) is 0 Å². The molecule has 1 aliphatic carbocycles. The van der Waals surface area contributed by atoms with Crippen LogP contribution in [-0.2, 0) is 0 Å². The quantitative estimate of drug-likeness (QED) is 0.503. The van der Waals surface area contributed by atoms with Crippen molar-refractivity contribution in [2.24, 2.45) is 5.92 Å². The van der Waals surface area contributed by atoms with Gasteiger partial charge >= 0.3 is 0 Å². The maximum absolute atomic E-state index is 2.36. The Morgan fingerprint density at radius 1 is 0.900 bits per heavy atom. The summed E-state index contributed by atoms with van der Waals surface area (Å²) in [6, 6.07) is 0. The third kappa shape index (κ3) is 6.09. The second-order valence-electron chi connectivity index (χ2n) is 2.74. The summed E-state index contributed by atoms with van der Waals surface area (Å²) in [5.74, 6) is 1.04. The first kappa shape index (κ1) is 12.6. The van der Waals surface area contributed by atoms with Crippen LogP contribution < -0.4 is 0 Å². The molecular formula is C9H22O. The van der Waals surface area contributed by atoms with Gasteiger partial charge in [-0.3, -0.25) is 0 Å². The van der Waals surface area contributed by atoms with E-state index in [1.807, 2.05) is 13.8 Å². The topological polar surface area (TPSA) is 31.5 Å². The molecule has 10 heavy (non-hydrogen) atoms. The van der Waals surface area contributed by atoms with Gasteiger partial charge in [-0.25, -0.2) is 0 Å². The molecule has 0 amide bonds. The van der Waals surface area contributed by atoms with Gasteiger partial charge in [0.1, 0.15) is 0 Å². The van der Waals surface area contributed by atoms with E-state index in [1.165, 1.54) is 32.1 Å². The summed E-state index contributed by atoms with van der Waals surface area (Å²) in [6.45, 7) is 6.36. The van der Waals surface area contributed by atoms with Gasteiger partial charge in [0.05, 0.1) is 0 Å². The van der Waals surface area contributed by atoms with Crippen LogP contribution in [0.1, 0.15) is 52.9 Å². The summed E-state index contributed by atoms with van der Waals surface area (Å²) >= 11 is 0. The number of hydrogen-bond donors (Lipinski definition) is 0. The van der Waals surface area contributed by atoms with Gasteiger partial charge in [-0.05, 0) is 5.92 Å². The molecule has 0 spiro atoms. The molecule has 0 atom stereocenters. The minimum absolute atomic E-state index is 0. The third-order valence-electron chi connectivity index (χ3n) is 1.89. The van der Waals surface area contributed by atoms with E-state index < -0.39 is 0 Å². The largest absolute Gasteiger partial charge is 0.412 e. The van der Waals surface area contributed by atoms with Gasteiger partial charge in [0, 0.05) is 0 Å². The number of rotatable bonds is 0. The zero-order valence-electron chi connectivity index (χ0n) is 7.61. The van der Waals surface area contributed by atoms with Crippen molar-refractivity contribution in [3.8, 4) is 0 Å². The van der Waals surface area contributed by atoms with Crippen LogP contribution >= 0.6 is 0 Å². The molecule has 1 saturated carbocycles. The van der Waals surface area contributed by atoms with E-state index in [1.54, 1.807) is 0 Å². The van der Waals surface area contributed by atoms with Crippen molar-refractivity contribution >= 4 is 0 Å². The van der Waals surface area contributed by atoms with E-state index in [0.29, 0.717) is 0 Å². The van der Waals surface area contributed by atoms with Crippen molar-refractivity contribution in [3.05, 3.63) is 0 Å². The van der Waals surface area contributed by atoms with Crippen molar-refractivity contribution in [1.29, 1.82) is 0 Å². The minimum atomic E-state index is 0. The van der Waals surface area contributed by atoms with Crippen LogP contribution in [0.5, 0.6) is 0 Å². The lowest BCUT2D eigenvalue weighted by Gasteiger charge is -2.15. The minimum Gasteiger partial charge on any atom is -0.412 e. The van der Waals surface area contributed by atoms with Gasteiger partial charge in [-0.15, -0.1) is 0 Å². The Hall–Kier alpha value is -0.0400. The highest BCUT2D eigenvalue weighted by Gasteiger charge is 2.05. The lowest BCUT2D eigenvalue weighted by Crippen LogP contribution is -1.99. The Kier molecular flexibility index (Phi) is 11.3. The molecule has 1 fully saturated rings. The molecule has 2 N–H and O–H groups in total.